The first-order valence-corrected chi connectivity index (χ1v) is 9.12. The van der Waals surface area contributed by atoms with Gasteiger partial charge in [0.05, 0.1) is 12.3 Å². The number of hydrogen-bond donors (Lipinski definition) is 2. The molecule has 2 aliphatic heterocycles. The summed E-state index contributed by atoms with van der Waals surface area (Å²) in [4.78, 5) is 14.6. The largest absolute Gasteiger partial charge is 0.468 e. The molecule has 3 rings (SSSR count). The number of amides is 2. The number of ether oxygens (including phenoxy) is 1. The summed E-state index contributed by atoms with van der Waals surface area (Å²) in [6.07, 6.45) is 5.88. The van der Waals surface area contributed by atoms with Crippen molar-refractivity contribution in [2.24, 2.45) is 5.92 Å². The van der Waals surface area contributed by atoms with Crippen LogP contribution in [0.1, 0.15) is 44.4 Å². The molecule has 24 heavy (non-hydrogen) atoms. The molecule has 0 aliphatic carbocycles. The van der Waals surface area contributed by atoms with E-state index in [1.165, 1.54) is 12.8 Å². The van der Waals surface area contributed by atoms with Crippen LogP contribution in [0.25, 0.3) is 0 Å². The Bertz CT molecular complexity index is 492. The van der Waals surface area contributed by atoms with Crippen molar-refractivity contribution in [3.63, 3.8) is 0 Å². The maximum absolute atomic E-state index is 12.2. The van der Waals surface area contributed by atoms with Crippen molar-refractivity contribution in [1.82, 2.24) is 15.5 Å². The summed E-state index contributed by atoms with van der Waals surface area (Å²) in [7, 11) is 0. The Morgan fingerprint density at radius 2 is 2.04 bits per heavy atom. The zero-order valence-electron chi connectivity index (χ0n) is 14.5. The minimum atomic E-state index is -0.0937. The van der Waals surface area contributed by atoms with Crippen molar-refractivity contribution in [3.8, 4) is 0 Å². The molecule has 134 valence electrons. The molecule has 2 saturated heterocycles. The van der Waals surface area contributed by atoms with Crippen LogP contribution in [0.2, 0.25) is 0 Å². The van der Waals surface area contributed by atoms with Crippen molar-refractivity contribution in [2.45, 2.75) is 44.7 Å². The predicted octanol–water partition coefficient (Wildman–Crippen LogP) is 2.53. The van der Waals surface area contributed by atoms with E-state index in [0.29, 0.717) is 6.54 Å². The van der Waals surface area contributed by atoms with Crippen LogP contribution < -0.4 is 10.6 Å². The van der Waals surface area contributed by atoms with Crippen molar-refractivity contribution in [2.75, 3.05) is 32.8 Å². The van der Waals surface area contributed by atoms with E-state index in [-0.39, 0.29) is 18.1 Å². The number of furan rings is 1. The summed E-state index contributed by atoms with van der Waals surface area (Å²) < 4.78 is 11.0. The summed E-state index contributed by atoms with van der Waals surface area (Å²) in [5.41, 5.74) is 0. The van der Waals surface area contributed by atoms with Gasteiger partial charge in [-0.15, -0.1) is 0 Å². The lowest BCUT2D eigenvalue weighted by atomic mass is 9.97. The third-order valence-electron chi connectivity index (χ3n) is 5.14. The van der Waals surface area contributed by atoms with E-state index < -0.39 is 0 Å². The third kappa shape index (κ3) is 4.74. The second kappa shape index (κ2) is 8.53. The summed E-state index contributed by atoms with van der Waals surface area (Å²) in [5.74, 6) is 1.71. The Morgan fingerprint density at radius 1 is 1.29 bits per heavy atom. The number of rotatable bonds is 5. The van der Waals surface area contributed by atoms with E-state index in [9.17, 15) is 4.79 Å². The Hall–Kier alpha value is -1.53. The van der Waals surface area contributed by atoms with E-state index >= 15 is 0 Å². The highest BCUT2D eigenvalue weighted by molar-refractivity contribution is 5.74. The van der Waals surface area contributed by atoms with Crippen LogP contribution in [0.15, 0.2) is 22.8 Å². The lowest BCUT2D eigenvalue weighted by Gasteiger charge is -2.36. The molecule has 0 aromatic carbocycles. The van der Waals surface area contributed by atoms with Crippen molar-refractivity contribution >= 4 is 6.03 Å². The van der Waals surface area contributed by atoms with E-state index in [0.717, 1.165) is 50.8 Å². The van der Waals surface area contributed by atoms with E-state index in [1.807, 2.05) is 12.1 Å². The van der Waals surface area contributed by atoms with Gasteiger partial charge in [0.25, 0.3) is 0 Å². The van der Waals surface area contributed by atoms with Crippen molar-refractivity contribution in [3.05, 3.63) is 24.2 Å². The lowest BCUT2D eigenvalue weighted by molar-refractivity contribution is 0.0797. The van der Waals surface area contributed by atoms with E-state index in [1.54, 1.807) is 6.26 Å². The topological polar surface area (TPSA) is 66.7 Å². The molecule has 2 fully saturated rings. The quantitative estimate of drug-likeness (QED) is 0.868. The second-order valence-corrected chi connectivity index (χ2v) is 6.99. The van der Waals surface area contributed by atoms with Gasteiger partial charge in [-0.2, -0.15) is 0 Å². The third-order valence-corrected chi connectivity index (χ3v) is 5.14. The number of urea groups is 1. The predicted molar refractivity (Wildman–Crippen MR) is 91.8 cm³/mol. The molecule has 1 aromatic heterocycles. The molecule has 1 unspecified atom stereocenters. The molecule has 2 aliphatic rings. The molecule has 1 aromatic rings. The molecule has 0 spiro atoms. The second-order valence-electron chi connectivity index (χ2n) is 6.99. The Labute approximate surface area is 143 Å². The molecule has 0 saturated carbocycles. The minimum Gasteiger partial charge on any atom is -0.468 e. The number of nitrogens with one attached hydrogen (secondary N) is 2. The van der Waals surface area contributed by atoms with Crippen LogP contribution in [0.3, 0.4) is 0 Å². The number of hydrogen-bond acceptors (Lipinski definition) is 4. The van der Waals surface area contributed by atoms with Gasteiger partial charge in [0, 0.05) is 25.8 Å². The van der Waals surface area contributed by atoms with Gasteiger partial charge < -0.3 is 19.8 Å². The average Bonchev–Trinajstić information content (AvgIpc) is 3.12. The number of nitrogens with zero attached hydrogens (tertiary/aromatic N) is 1. The first-order chi connectivity index (χ1) is 11.7. The molecule has 6 nitrogen and oxygen atoms in total. The van der Waals surface area contributed by atoms with Crippen LogP contribution in [0.5, 0.6) is 0 Å². The Balaban J connectivity index is 1.53. The summed E-state index contributed by atoms with van der Waals surface area (Å²) in [5, 5.41) is 6.08. The summed E-state index contributed by atoms with van der Waals surface area (Å²) in [6.45, 7) is 6.43. The molecule has 2 amide bonds. The lowest BCUT2D eigenvalue weighted by Crippen LogP contribution is -2.47. The van der Waals surface area contributed by atoms with Crippen molar-refractivity contribution < 1.29 is 13.9 Å². The summed E-state index contributed by atoms with van der Waals surface area (Å²) in [6, 6.07) is 4.14. The molecular weight excluding hydrogens is 306 g/mol. The van der Waals surface area contributed by atoms with Gasteiger partial charge in [0.2, 0.25) is 0 Å². The van der Waals surface area contributed by atoms with Crippen LogP contribution in [0.4, 0.5) is 4.79 Å². The van der Waals surface area contributed by atoms with Gasteiger partial charge in [0.1, 0.15) is 5.76 Å². The first-order valence-electron chi connectivity index (χ1n) is 9.12. The fourth-order valence-electron chi connectivity index (χ4n) is 3.50. The van der Waals surface area contributed by atoms with Crippen LogP contribution in [-0.4, -0.2) is 49.8 Å². The maximum Gasteiger partial charge on any atom is 0.315 e. The first kappa shape index (κ1) is 17.3. The monoisotopic (exact) mass is 335 g/mol. The fourth-order valence-corrected chi connectivity index (χ4v) is 3.50. The SMILES string of the molecule is CC1CCN(C(CNC(=O)NC2CCOCC2)c2ccco2)CC1. The molecule has 0 bridgehead atoms. The average molecular weight is 335 g/mol. The number of piperidine rings is 1. The number of carbonyl (C=O) groups is 1. The van der Waals surface area contributed by atoms with Gasteiger partial charge in [-0.1, -0.05) is 6.92 Å². The molecule has 3 heterocycles. The van der Waals surface area contributed by atoms with Crippen LogP contribution in [-0.2, 0) is 4.74 Å². The van der Waals surface area contributed by atoms with Crippen molar-refractivity contribution in [1.29, 1.82) is 0 Å². The maximum atomic E-state index is 12.2. The highest BCUT2D eigenvalue weighted by atomic mass is 16.5. The highest BCUT2D eigenvalue weighted by Gasteiger charge is 2.27. The fraction of sp³-hybridized carbons (Fsp3) is 0.722. The standard InChI is InChI=1S/C18H29N3O3/c1-14-4-8-21(9-5-14)16(17-3-2-10-24-17)13-19-18(22)20-15-6-11-23-12-7-15/h2-3,10,14-16H,4-9,11-13H2,1H3,(H2,19,20,22). The number of likely N-dealkylation sites (tertiary alicyclic amines) is 1. The number of carbonyl (C=O) groups excluding carboxylic acids is 1. The van der Waals surface area contributed by atoms with E-state index in [4.69, 9.17) is 9.15 Å². The summed E-state index contributed by atoms with van der Waals surface area (Å²) >= 11 is 0. The smallest absolute Gasteiger partial charge is 0.315 e. The van der Waals surface area contributed by atoms with E-state index in [2.05, 4.69) is 22.5 Å². The van der Waals surface area contributed by atoms with Gasteiger partial charge in [-0.25, -0.2) is 4.79 Å². The Kier molecular flexibility index (Phi) is 6.15. The molecular formula is C18H29N3O3. The zero-order chi connectivity index (χ0) is 16.8. The van der Waals surface area contributed by atoms with Gasteiger partial charge in [-0.05, 0) is 56.8 Å². The molecule has 2 N–H and O–H groups in total. The van der Waals surface area contributed by atoms with Gasteiger partial charge in [0.15, 0.2) is 0 Å². The molecule has 0 radical (unpaired) electrons. The normalized spacial score (nSPS) is 22.2. The highest BCUT2D eigenvalue weighted by Crippen LogP contribution is 2.26. The minimum absolute atomic E-state index is 0.0937. The Morgan fingerprint density at radius 3 is 2.71 bits per heavy atom. The molecule has 1 atom stereocenters. The zero-order valence-corrected chi connectivity index (χ0v) is 14.5. The van der Waals surface area contributed by atoms with Crippen LogP contribution >= 0.6 is 0 Å². The van der Waals surface area contributed by atoms with Crippen LogP contribution in [0, 0.1) is 5.92 Å². The van der Waals surface area contributed by atoms with Gasteiger partial charge >= 0.3 is 6.03 Å². The van der Waals surface area contributed by atoms with Gasteiger partial charge in [-0.3, -0.25) is 4.90 Å². The molecule has 6 heteroatoms.